The molecule has 6 fully saturated rings. The van der Waals surface area contributed by atoms with Gasteiger partial charge in [0.1, 0.15) is 54.4 Å². The molecule has 0 aromatic carbocycles. The monoisotopic (exact) mass is 565 g/mol. The van der Waals surface area contributed by atoms with Gasteiger partial charge in [-0.15, -0.1) is 0 Å². The molecule has 0 radical (unpaired) electrons. The lowest BCUT2D eigenvalue weighted by Gasteiger charge is -2.53. The number of hydrogen-bond donors (Lipinski definition) is 5. The van der Waals surface area contributed by atoms with Crippen molar-refractivity contribution in [3.8, 4) is 0 Å². The number of aliphatic hydroxyl groups is 4. The van der Waals surface area contributed by atoms with Crippen LogP contribution in [0.15, 0.2) is 11.1 Å². The quantitative estimate of drug-likeness (QED) is 0.199. The highest BCUT2D eigenvalue weighted by atomic mass is 16.8. The maximum Gasteiger partial charge on any atom is 0.407 e. The van der Waals surface area contributed by atoms with Crippen molar-refractivity contribution in [1.29, 1.82) is 0 Å². The molecule has 8 aliphatic rings. The molecule has 14 atom stereocenters. The van der Waals surface area contributed by atoms with Crippen LogP contribution in [-0.4, -0.2) is 118 Å². The predicted octanol–water partition coefficient (Wildman–Crippen LogP) is -1.36. The molecule has 0 aromatic heterocycles. The number of amides is 1. The molecule has 2 spiro atoms. The van der Waals surface area contributed by atoms with Gasteiger partial charge in [-0.3, -0.25) is 0 Å². The molecule has 2 unspecified atom stereocenters. The zero-order valence-electron chi connectivity index (χ0n) is 22.4. The van der Waals surface area contributed by atoms with Gasteiger partial charge in [-0.25, -0.2) is 9.59 Å². The molecule has 13 heteroatoms. The first-order chi connectivity index (χ1) is 18.9. The van der Waals surface area contributed by atoms with Crippen LogP contribution in [-0.2, 0) is 33.2 Å². The maximum atomic E-state index is 13.3. The van der Waals surface area contributed by atoms with Crippen LogP contribution in [0.4, 0.5) is 4.79 Å². The highest BCUT2D eigenvalue weighted by Gasteiger charge is 3.01. The Bertz CT molecular complexity index is 1220. The molecule has 220 valence electrons. The number of fused-ring (bicyclic) bond motifs is 4. The number of nitrogens with one attached hydrogen (secondary N) is 1. The first kappa shape index (κ1) is 25.8. The second-order valence-electron chi connectivity index (χ2n) is 13.2. The third-order valence-corrected chi connectivity index (χ3v) is 11.4. The standard InChI is InChI=1S/C27H35NO12/c1-9(2)25-18(39-25)19-27(40-19)24(3)5-4-10-11(8-35-20(10)32)12(24)6-14-26(27,38-14)22(25)37-23(34)28-7-13-15(29)16(30)17(31)21(33)36-13/h9,12-19,21-22,29-31,33H,4-8H2,1-3H3,(H,28,34)/t12-,13?,14-,15+,16-,17+,18-,19-,21?,22+,24-,25-,26+,27+/m0/s1. The number of ether oxygens (including phenoxy) is 6. The molecular weight excluding hydrogens is 530 g/mol. The second kappa shape index (κ2) is 7.75. The number of rotatable bonds is 4. The summed E-state index contributed by atoms with van der Waals surface area (Å²) in [6.45, 7) is 6.25. The van der Waals surface area contributed by atoms with E-state index in [4.69, 9.17) is 28.4 Å². The van der Waals surface area contributed by atoms with Crippen molar-refractivity contribution in [3.05, 3.63) is 11.1 Å². The summed E-state index contributed by atoms with van der Waals surface area (Å²) in [7, 11) is 0. The van der Waals surface area contributed by atoms with Crippen LogP contribution in [0.2, 0.25) is 0 Å². The van der Waals surface area contributed by atoms with Crippen molar-refractivity contribution >= 4 is 12.1 Å². The van der Waals surface area contributed by atoms with E-state index in [1.54, 1.807) is 0 Å². The van der Waals surface area contributed by atoms with Crippen LogP contribution in [0.5, 0.6) is 0 Å². The van der Waals surface area contributed by atoms with Gasteiger partial charge in [-0.05, 0) is 36.7 Å². The van der Waals surface area contributed by atoms with E-state index in [0.29, 0.717) is 25.9 Å². The van der Waals surface area contributed by atoms with Crippen molar-refractivity contribution in [1.82, 2.24) is 5.32 Å². The van der Waals surface area contributed by atoms with E-state index in [9.17, 15) is 30.0 Å². The van der Waals surface area contributed by atoms with Crippen molar-refractivity contribution in [2.75, 3.05) is 13.2 Å². The van der Waals surface area contributed by atoms with E-state index in [2.05, 4.69) is 12.2 Å². The lowest BCUT2D eigenvalue weighted by atomic mass is 9.46. The molecule has 3 aliphatic carbocycles. The number of cyclic esters (lactones) is 1. The van der Waals surface area contributed by atoms with Gasteiger partial charge in [-0.1, -0.05) is 20.8 Å². The topological polar surface area (TPSA) is 192 Å². The summed E-state index contributed by atoms with van der Waals surface area (Å²) in [5.74, 6) is -0.200. The number of alkyl carbamates (subject to hydrolysis) is 1. The minimum absolute atomic E-state index is 0.0148. The first-order valence-electron chi connectivity index (χ1n) is 14.2. The second-order valence-corrected chi connectivity index (χ2v) is 13.2. The van der Waals surface area contributed by atoms with Gasteiger partial charge in [-0.2, -0.15) is 0 Å². The highest BCUT2D eigenvalue weighted by molar-refractivity contribution is 5.92. The minimum Gasteiger partial charge on any atom is -0.458 e. The Hall–Kier alpha value is -1.84. The highest BCUT2D eigenvalue weighted by Crippen LogP contribution is 2.83. The van der Waals surface area contributed by atoms with E-state index < -0.39 is 59.7 Å². The van der Waals surface area contributed by atoms with Crippen LogP contribution in [0, 0.1) is 17.3 Å². The number of aliphatic hydroxyl groups excluding tert-OH is 4. The molecule has 13 nitrogen and oxygen atoms in total. The van der Waals surface area contributed by atoms with Gasteiger partial charge in [0, 0.05) is 17.5 Å². The lowest BCUT2D eigenvalue weighted by molar-refractivity contribution is -0.280. The minimum atomic E-state index is -1.71. The normalized spacial score (nSPS) is 56.5. The summed E-state index contributed by atoms with van der Waals surface area (Å²) < 4.78 is 36.4. The largest absolute Gasteiger partial charge is 0.458 e. The number of esters is 1. The predicted molar refractivity (Wildman–Crippen MR) is 128 cm³/mol. The summed E-state index contributed by atoms with van der Waals surface area (Å²) in [4.78, 5) is 25.6. The Morgan fingerprint density at radius 2 is 1.88 bits per heavy atom. The van der Waals surface area contributed by atoms with E-state index in [1.807, 2.05) is 13.8 Å². The van der Waals surface area contributed by atoms with Crippen molar-refractivity contribution in [2.24, 2.45) is 17.3 Å². The van der Waals surface area contributed by atoms with Gasteiger partial charge in [0.15, 0.2) is 18.0 Å². The zero-order valence-corrected chi connectivity index (χ0v) is 22.4. The van der Waals surface area contributed by atoms with Gasteiger partial charge in [0.05, 0.1) is 6.10 Å². The van der Waals surface area contributed by atoms with E-state index in [1.165, 1.54) is 0 Å². The average molecular weight is 566 g/mol. The van der Waals surface area contributed by atoms with Crippen LogP contribution >= 0.6 is 0 Å². The molecule has 0 bridgehead atoms. The molecule has 4 saturated heterocycles. The number of carbonyl (C=O) groups is 2. The van der Waals surface area contributed by atoms with Gasteiger partial charge < -0.3 is 54.2 Å². The van der Waals surface area contributed by atoms with Crippen LogP contribution in [0.3, 0.4) is 0 Å². The van der Waals surface area contributed by atoms with Crippen LogP contribution in [0.1, 0.15) is 40.0 Å². The van der Waals surface area contributed by atoms with Crippen LogP contribution < -0.4 is 5.32 Å². The van der Waals surface area contributed by atoms with Gasteiger partial charge in [0.2, 0.25) is 0 Å². The zero-order chi connectivity index (χ0) is 28.1. The summed E-state index contributed by atoms with van der Waals surface area (Å²) >= 11 is 0. The summed E-state index contributed by atoms with van der Waals surface area (Å²) in [5, 5.41) is 42.4. The third kappa shape index (κ3) is 2.76. The Balaban J connectivity index is 1.08. The molecule has 1 amide bonds. The van der Waals surface area contributed by atoms with E-state index >= 15 is 0 Å². The van der Waals surface area contributed by atoms with E-state index in [-0.39, 0.29) is 48.1 Å². The van der Waals surface area contributed by atoms with Crippen LogP contribution in [0.25, 0.3) is 0 Å². The Morgan fingerprint density at radius 1 is 1.10 bits per heavy atom. The van der Waals surface area contributed by atoms with E-state index in [0.717, 1.165) is 11.1 Å². The fourth-order valence-electron chi connectivity index (χ4n) is 9.27. The van der Waals surface area contributed by atoms with Crippen molar-refractivity contribution < 1.29 is 58.4 Å². The molecular formula is C27H35NO12. The fraction of sp³-hybridized carbons (Fsp3) is 0.852. The van der Waals surface area contributed by atoms with Crippen molar-refractivity contribution in [2.45, 2.75) is 112 Å². The lowest BCUT2D eigenvalue weighted by Crippen LogP contribution is -2.70. The molecule has 5 aliphatic heterocycles. The Kier molecular flexibility index (Phi) is 5.01. The maximum absolute atomic E-state index is 13.3. The summed E-state index contributed by atoms with van der Waals surface area (Å²) in [6.07, 6.45) is -8.06. The SMILES string of the molecule is CC(C)[C@]12O[C@H]1[C@@H]1O[C@]13[C@]1(O[C@H]1C[C@H]1C4=C(CC[C@@]13C)C(=O)OC4)[C@@H]2OC(=O)NCC1OC(O)[C@H](O)[C@@H](O)[C@@H]1O. The number of epoxide rings is 3. The van der Waals surface area contributed by atoms with Crippen molar-refractivity contribution in [3.63, 3.8) is 0 Å². The Labute approximate surface area is 229 Å². The average Bonchev–Trinajstić information content (AvgIpc) is 3.82. The fourth-order valence-corrected chi connectivity index (χ4v) is 9.27. The smallest absolute Gasteiger partial charge is 0.407 e. The number of hydrogen-bond acceptors (Lipinski definition) is 12. The van der Waals surface area contributed by atoms with Gasteiger partial charge in [0.25, 0.3) is 0 Å². The molecule has 8 rings (SSSR count). The van der Waals surface area contributed by atoms with Gasteiger partial charge >= 0.3 is 12.1 Å². The number of carbonyl (C=O) groups excluding carboxylic acids is 2. The third-order valence-electron chi connectivity index (χ3n) is 11.4. The Morgan fingerprint density at radius 3 is 2.62 bits per heavy atom. The molecule has 0 aromatic rings. The molecule has 2 saturated carbocycles. The molecule has 5 N–H and O–H groups in total. The molecule has 40 heavy (non-hydrogen) atoms. The summed E-state index contributed by atoms with van der Waals surface area (Å²) in [5.41, 5.74) is -0.993. The summed E-state index contributed by atoms with van der Waals surface area (Å²) in [6, 6.07) is 0. The first-order valence-corrected chi connectivity index (χ1v) is 14.2. The molecule has 5 heterocycles.